The smallest absolute Gasteiger partial charge is 0.247 e. The van der Waals surface area contributed by atoms with Crippen LogP contribution in [0.3, 0.4) is 0 Å². The quantitative estimate of drug-likeness (QED) is 0.666. The van der Waals surface area contributed by atoms with E-state index in [1.54, 1.807) is 22.5 Å². The summed E-state index contributed by atoms with van der Waals surface area (Å²) in [6.45, 7) is 2.52. The minimum atomic E-state index is -3.74. The zero-order valence-electron chi connectivity index (χ0n) is 17.7. The minimum Gasteiger partial charge on any atom is -0.495 e. The van der Waals surface area contributed by atoms with Gasteiger partial charge in [-0.05, 0) is 50.3 Å². The molecule has 2 aliphatic heterocycles. The highest BCUT2D eigenvalue weighted by Crippen LogP contribution is 2.39. The van der Waals surface area contributed by atoms with Gasteiger partial charge in [0.05, 0.1) is 25.5 Å². The average Bonchev–Trinajstić information content (AvgIpc) is 2.99. The molecular formula is C22H30N2O5S. The third-order valence-electron chi connectivity index (χ3n) is 6.83. The Balaban J connectivity index is 1.63. The normalized spacial score (nSPS) is 27.9. The highest BCUT2D eigenvalue weighted by atomic mass is 32.2. The van der Waals surface area contributed by atoms with Gasteiger partial charge in [-0.3, -0.25) is 14.5 Å². The molecule has 0 unspecified atom stereocenters. The Labute approximate surface area is 178 Å². The van der Waals surface area contributed by atoms with Crippen molar-refractivity contribution in [1.82, 2.24) is 9.21 Å². The maximum Gasteiger partial charge on any atom is 0.247 e. The van der Waals surface area contributed by atoms with E-state index in [-0.39, 0.29) is 46.9 Å². The van der Waals surface area contributed by atoms with Crippen molar-refractivity contribution in [1.29, 1.82) is 0 Å². The molecule has 0 N–H and O–H groups in total. The number of likely N-dealkylation sites (tertiary alicyclic amines) is 1. The van der Waals surface area contributed by atoms with Crippen LogP contribution in [0, 0.1) is 11.8 Å². The van der Waals surface area contributed by atoms with Crippen molar-refractivity contribution in [3.8, 4) is 5.75 Å². The third kappa shape index (κ3) is 3.64. The average molecular weight is 435 g/mol. The Morgan fingerprint density at radius 3 is 2.23 bits per heavy atom. The Morgan fingerprint density at radius 2 is 1.63 bits per heavy atom. The molecule has 3 atom stereocenters. The van der Waals surface area contributed by atoms with Crippen LogP contribution in [0.4, 0.5) is 0 Å². The van der Waals surface area contributed by atoms with Crippen LogP contribution in [0.2, 0.25) is 0 Å². The molecule has 0 spiro atoms. The molecule has 4 rings (SSSR count). The molecule has 8 heteroatoms. The van der Waals surface area contributed by atoms with Crippen LogP contribution in [0.25, 0.3) is 0 Å². The zero-order chi connectivity index (χ0) is 21.5. The van der Waals surface area contributed by atoms with Crippen molar-refractivity contribution in [3.63, 3.8) is 0 Å². The SMILES string of the molecule is COc1ccc(CN2C(=O)[C@@H]3CCCC[C@H]3C2=O)cc1S(=O)(=O)N1CCCC[C@H]1C. The fourth-order valence-corrected chi connectivity index (χ4v) is 7.05. The van der Waals surface area contributed by atoms with Gasteiger partial charge in [0, 0.05) is 12.6 Å². The molecule has 3 aliphatic rings. The van der Waals surface area contributed by atoms with Gasteiger partial charge in [-0.25, -0.2) is 8.42 Å². The molecule has 3 fully saturated rings. The van der Waals surface area contributed by atoms with Gasteiger partial charge in [0.15, 0.2) is 0 Å². The predicted octanol–water partition coefficient (Wildman–Crippen LogP) is 2.93. The van der Waals surface area contributed by atoms with Crippen LogP contribution in [0.1, 0.15) is 57.4 Å². The maximum absolute atomic E-state index is 13.4. The molecular weight excluding hydrogens is 404 g/mol. The van der Waals surface area contributed by atoms with Crippen LogP contribution in [0.5, 0.6) is 5.75 Å². The number of hydrogen-bond donors (Lipinski definition) is 0. The Bertz CT molecular complexity index is 921. The van der Waals surface area contributed by atoms with Gasteiger partial charge < -0.3 is 4.74 Å². The first-order valence-electron chi connectivity index (χ1n) is 10.9. The second-order valence-electron chi connectivity index (χ2n) is 8.71. The molecule has 7 nitrogen and oxygen atoms in total. The molecule has 164 valence electrons. The van der Waals surface area contributed by atoms with E-state index in [1.807, 2.05) is 6.92 Å². The van der Waals surface area contributed by atoms with E-state index in [0.29, 0.717) is 12.1 Å². The number of carbonyl (C=O) groups excluding carboxylic acids is 2. The van der Waals surface area contributed by atoms with Crippen molar-refractivity contribution in [2.75, 3.05) is 13.7 Å². The lowest BCUT2D eigenvalue weighted by Gasteiger charge is -2.32. The van der Waals surface area contributed by atoms with Crippen LogP contribution >= 0.6 is 0 Å². The first-order chi connectivity index (χ1) is 14.3. The monoisotopic (exact) mass is 434 g/mol. The van der Waals surface area contributed by atoms with Gasteiger partial charge in [0.2, 0.25) is 21.8 Å². The molecule has 1 aliphatic carbocycles. The number of amides is 2. The molecule has 30 heavy (non-hydrogen) atoms. The molecule has 1 aromatic rings. The Hall–Kier alpha value is -1.93. The van der Waals surface area contributed by atoms with Gasteiger partial charge in [-0.1, -0.05) is 25.3 Å². The van der Waals surface area contributed by atoms with Crippen molar-refractivity contribution in [2.24, 2.45) is 11.8 Å². The molecule has 2 amide bonds. The standard InChI is InChI=1S/C22H30N2O5S/c1-15-7-5-6-12-24(15)30(27,28)20-13-16(10-11-19(20)29-2)14-23-21(25)17-8-3-4-9-18(17)22(23)26/h10-11,13,15,17-18H,3-9,12,14H2,1-2H3/t15-,17-,18-/m1/s1. The van der Waals surface area contributed by atoms with E-state index in [1.165, 1.54) is 12.0 Å². The van der Waals surface area contributed by atoms with E-state index in [4.69, 9.17) is 4.74 Å². The second kappa shape index (κ2) is 8.30. The van der Waals surface area contributed by atoms with Crippen LogP contribution in [0.15, 0.2) is 23.1 Å². The van der Waals surface area contributed by atoms with E-state index in [9.17, 15) is 18.0 Å². The lowest BCUT2D eigenvalue weighted by atomic mass is 9.81. The number of piperidine rings is 1. The van der Waals surface area contributed by atoms with Gasteiger partial charge in [-0.2, -0.15) is 4.31 Å². The fourth-order valence-electron chi connectivity index (χ4n) is 5.15. The molecule has 0 radical (unpaired) electrons. The molecule has 1 saturated carbocycles. The largest absolute Gasteiger partial charge is 0.495 e. The summed E-state index contributed by atoms with van der Waals surface area (Å²) >= 11 is 0. The van der Waals surface area contributed by atoms with E-state index in [2.05, 4.69) is 0 Å². The van der Waals surface area contributed by atoms with Crippen LogP contribution in [-0.4, -0.2) is 49.1 Å². The van der Waals surface area contributed by atoms with Crippen molar-refractivity contribution in [2.45, 2.75) is 69.4 Å². The summed E-state index contributed by atoms with van der Waals surface area (Å²) in [7, 11) is -2.29. The van der Waals surface area contributed by atoms with Gasteiger partial charge in [0.1, 0.15) is 10.6 Å². The molecule has 2 heterocycles. The highest BCUT2D eigenvalue weighted by Gasteiger charge is 2.48. The van der Waals surface area contributed by atoms with Crippen molar-refractivity contribution in [3.05, 3.63) is 23.8 Å². The Morgan fingerprint density at radius 1 is 1.00 bits per heavy atom. The lowest BCUT2D eigenvalue weighted by molar-refractivity contribution is -0.140. The van der Waals surface area contributed by atoms with Crippen LogP contribution in [-0.2, 0) is 26.2 Å². The first-order valence-corrected chi connectivity index (χ1v) is 12.3. The topological polar surface area (TPSA) is 84.0 Å². The lowest BCUT2D eigenvalue weighted by Crippen LogP contribution is -2.42. The number of nitrogens with zero attached hydrogens (tertiary/aromatic N) is 2. The number of ether oxygens (including phenoxy) is 1. The van der Waals surface area contributed by atoms with E-state index < -0.39 is 10.0 Å². The van der Waals surface area contributed by atoms with Crippen molar-refractivity contribution >= 4 is 21.8 Å². The molecule has 2 saturated heterocycles. The number of hydrogen-bond acceptors (Lipinski definition) is 5. The van der Waals surface area contributed by atoms with Crippen molar-refractivity contribution < 1.29 is 22.7 Å². The number of carbonyl (C=O) groups is 2. The summed E-state index contributed by atoms with van der Waals surface area (Å²) in [5.74, 6) is -0.364. The number of fused-ring (bicyclic) bond motifs is 1. The summed E-state index contributed by atoms with van der Waals surface area (Å²) in [5, 5.41) is 0. The fraction of sp³-hybridized carbons (Fsp3) is 0.636. The van der Waals surface area contributed by atoms with E-state index in [0.717, 1.165) is 44.9 Å². The summed E-state index contributed by atoms with van der Waals surface area (Å²) in [4.78, 5) is 27.0. The molecule has 0 aromatic heterocycles. The van der Waals surface area contributed by atoms with Crippen LogP contribution < -0.4 is 4.74 Å². The number of imide groups is 1. The predicted molar refractivity (Wildman–Crippen MR) is 111 cm³/mol. The summed E-state index contributed by atoms with van der Waals surface area (Å²) in [6, 6.07) is 4.86. The second-order valence-corrected chi connectivity index (χ2v) is 10.6. The minimum absolute atomic E-state index is 0.0676. The van der Waals surface area contributed by atoms with Gasteiger partial charge in [-0.15, -0.1) is 0 Å². The maximum atomic E-state index is 13.4. The number of benzene rings is 1. The summed E-state index contributed by atoms with van der Waals surface area (Å²) in [6.07, 6.45) is 6.18. The summed E-state index contributed by atoms with van der Waals surface area (Å²) in [5.41, 5.74) is 0.624. The first kappa shape index (κ1) is 21.3. The van der Waals surface area contributed by atoms with Gasteiger partial charge in [0.25, 0.3) is 0 Å². The number of methoxy groups -OCH3 is 1. The number of sulfonamides is 1. The zero-order valence-corrected chi connectivity index (χ0v) is 18.5. The summed E-state index contributed by atoms with van der Waals surface area (Å²) < 4.78 is 33.7. The third-order valence-corrected chi connectivity index (χ3v) is 8.86. The van der Waals surface area contributed by atoms with Gasteiger partial charge >= 0.3 is 0 Å². The highest BCUT2D eigenvalue weighted by molar-refractivity contribution is 7.89. The Kier molecular flexibility index (Phi) is 5.90. The molecule has 1 aromatic carbocycles. The van der Waals surface area contributed by atoms with E-state index >= 15 is 0 Å². The number of rotatable bonds is 5. The molecule has 0 bridgehead atoms.